The van der Waals surface area contributed by atoms with Crippen molar-refractivity contribution in [3.05, 3.63) is 29.8 Å². The highest BCUT2D eigenvalue weighted by molar-refractivity contribution is 5.34. The van der Waals surface area contributed by atoms with Gasteiger partial charge in [-0.3, -0.25) is 4.90 Å². The maximum atomic E-state index is 10.1. The molecule has 0 bridgehead atoms. The van der Waals surface area contributed by atoms with Crippen LogP contribution in [0.2, 0.25) is 0 Å². The summed E-state index contributed by atoms with van der Waals surface area (Å²) in [5, 5.41) is 18.8. The van der Waals surface area contributed by atoms with Crippen LogP contribution in [0.25, 0.3) is 0 Å². The molecule has 4 heteroatoms. The van der Waals surface area contributed by atoms with E-state index in [-0.39, 0.29) is 6.61 Å². The average Bonchev–Trinajstić information content (AvgIpc) is 2.48. The van der Waals surface area contributed by atoms with Crippen LogP contribution in [-0.4, -0.2) is 41.8 Å². The van der Waals surface area contributed by atoms with Crippen LogP contribution in [0.15, 0.2) is 24.3 Å². The van der Waals surface area contributed by atoms with E-state index in [9.17, 15) is 5.11 Å². The number of nitriles is 1. The molecule has 1 aromatic rings. The van der Waals surface area contributed by atoms with Gasteiger partial charge >= 0.3 is 0 Å². The Kier molecular flexibility index (Phi) is 5.40. The minimum absolute atomic E-state index is 0.287. The number of likely N-dealkylation sites (tertiary alicyclic amines) is 1. The van der Waals surface area contributed by atoms with Gasteiger partial charge in [0.25, 0.3) is 0 Å². The van der Waals surface area contributed by atoms with Gasteiger partial charge in [0.2, 0.25) is 0 Å². The topological polar surface area (TPSA) is 56.5 Å². The summed E-state index contributed by atoms with van der Waals surface area (Å²) in [5.74, 6) is 0.690. The third-order valence-electron chi connectivity index (χ3n) is 3.81. The molecular formula is C16H22N2O2. The highest BCUT2D eigenvalue weighted by Gasteiger charge is 2.20. The Morgan fingerprint density at radius 3 is 2.80 bits per heavy atom. The number of hydrogen-bond donors (Lipinski definition) is 1. The summed E-state index contributed by atoms with van der Waals surface area (Å²) in [6.45, 7) is 4.23. The lowest BCUT2D eigenvalue weighted by atomic mass is 10.0. The number of piperidine rings is 1. The molecular weight excluding hydrogens is 252 g/mol. The number of hydrogen-bond acceptors (Lipinski definition) is 4. The van der Waals surface area contributed by atoms with Gasteiger partial charge in [-0.25, -0.2) is 0 Å². The van der Waals surface area contributed by atoms with Crippen LogP contribution in [0.4, 0.5) is 0 Å². The fourth-order valence-electron chi connectivity index (χ4n) is 2.57. The predicted octanol–water partition coefficient (Wildman–Crippen LogP) is 2.17. The highest BCUT2D eigenvalue weighted by Crippen LogP contribution is 2.17. The molecule has 20 heavy (non-hydrogen) atoms. The number of ether oxygens (including phenoxy) is 1. The monoisotopic (exact) mass is 274 g/mol. The van der Waals surface area contributed by atoms with Crippen molar-refractivity contribution in [2.45, 2.75) is 38.3 Å². The van der Waals surface area contributed by atoms with E-state index in [4.69, 9.17) is 10.00 Å². The molecule has 1 saturated heterocycles. The van der Waals surface area contributed by atoms with Gasteiger partial charge in [0, 0.05) is 12.6 Å². The standard InChI is InChI=1S/C16H22N2O2/c1-13-4-2-3-9-18(13)11-15(19)12-20-16-7-5-14(10-17)6-8-16/h5-8,13,15,19H,2-4,9,11-12H2,1H3. The minimum Gasteiger partial charge on any atom is -0.491 e. The second-order valence-electron chi connectivity index (χ2n) is 5.44. The van der Waals surface area contributed by atoms with Gasteiger partial charge in [0.15, 0.2) is 0 Å². The number of aliphatic hydroxyl groups excluding tert-OH is 1. The van der Waals surface area contributed by atoms with Gasteiger partial charge in [0.1, 0.15) is 18.5 Å². The molecule has 1 fully saturated rings. The van der Waals surface area contributed by atoms with Crippen molar-refractivity contribution in [2.24, 2.45) is 0 Å². The predicted molar refractivity (Wildman–Crippen MR) is 77.5 cm³/mol. The van der Waals surface area contributed by atoms with E-state index in [0.29, 0.717) is 23.9 Å². The lowest BCUT2D eigenvalue weighted by molar-refractivity contribution is 0.0438. The lowest BCUT2D eigenvalue weighted by Gasteiger charge is -2.34. The number of aliphatic hydroxyl groups is 1. The molecule has 1 N–H and O–H groups in total. The Morgan fingerprint density at radius 2 is 2.15 bits per heavy atom. The second kappa shape index (κ2) is 7.28. The molecule has 2 rings (SSSR count). The largest absolute Gasteiger partial charge is 0.491 e. The molecule has 1 aliphatic heterocycles. The maximum Gasteiger partial charge on any atom is 0.119 e. The normalized spacial score (nSPS) is 21.1. The Hall–Kier alpha value is -1.57. The summed E-state index contributed by atoms with van der Waals surface area (Å²) in [4.78, 5) is 2.33. The molecule has 0 radical (unpaired) electrons. The van der Waals surface area contributed by atoms with E-state index in [1.807, 2.05) is 0 Å². The third-order valence-corrected chi connectivity index (χ3v) is 3.81. The molecule has 4 nitrogen and oxygen atoms in total. The SMILES string of the molecule is CC1CCCCN1CC(O)COc1ccc(C#N)cc1. The van der Waals surface area contributed by atoms with E-state index in [2.05, 4.69) is 17.9 Å². The zero-order valence-corrected chi connectivity index (χ0v) is 12.0. The Balaban J connectivity index is 1.76. The van der Waals surface area contributed by atoms with E-state index in [0.717, 1.165) is 6.54 Å². The van der Waals surface area contributed by atoms with Gasteiger partial charge in [-0.2, -0.15) is 5.26 Å². The summed E-state index contributed by atoms with van der Waals surface area (Å²) < 4.78 is 5.56. The average molecular weight is 274 g/mol. The van der Waals surface area contributed by atoms with Gasteiger partial charge < -0.3 is 9.84 Å². The summed E-state index contributed by atoms with van der Waals surface area (Å²) >= 11 is 0. The van der Waals surface area contributed by atoms with E-state index >= 15 is 0 Å². The number of nitrogens with zero attached hydrogens (tertiary/aromatic N) is 2. The summed E-state index contributed by atoms with van der Waals surface area (Å²) in [5.41, 5.74) is 0.611. The Bertz CT molecular complexity index is 453. The quantitative estimate of drug-likeness (QED) is 0.894. The summed E-state index contributed by atoms with van der Waals surface area (Å²) in [7, 11) is 0. The van der Waals surface area contributed by atoms with Crippen LogP contribution >= 0.6 is 0 Å². The fourth-order valence-corrected chi connectivity index (χ4v) is 2.57. The molecule has 2 atom stereocenters. The summed E-state index contributed by atoms with van der Waals surface area (Å²) in [6, 6.07) is 9.57. The number of β-amino-alcohol motifs (C(OH)–C–C–N with tert-alkyl or cyclic N) is 1. The first-order valence-corrected chi connectivity index (χ1v) is 7.24. The minimum atomic E-state index is -0.480. The fraction of sp³-hybridized carbons (Fsp3) is 0.562. The molecule has 0 aromatic heterocycles. The Labute approximate surface area is 120 Å². The summed E-state index contributed by atoms with van der Waals surface area (Å²) in [6.07, 6.45) is 3.23. The van der Waals surface area contributed by atoms with Crippen molar-refractivity contribution in [2.75, 3.05) is 19.7 Å². The second-order valence-corrected chi connectivity index (χ2v) is 5.44. The molecule has 0 spiro atoms. The van der Waals surface area contributed by atoms with Crippen LogP contribution in [0, 0.1) is 11.3 Å². The van der Waals surface area contributed by atoms with Crippen molar-refractivity contribution in [1.82, 2.24) is 4.90 Å². The van der Waals surface area contributed by atoms with Crippen molar-refractivity contribution < 1.29 is 9.84 Å². The molecule has 1 aliphatic rings. The molecule has 108 valence electrons. The lowest BCUT2D eigenvalue weighted by Crippen LogP contribution is -2.43. The third kappa shape index (κ3) is 4.22. The smallest absolute Gasteiger partial charge is 0.119 e. The van der Waals surface area contributed by atoms with Crippen LogP contribution in [0.1, 0.15) is 31.7 Å². The van der Waals surface area contributed by atoms with E-state index < -0.39 is 6.10 Å². The van der Waals surface area contributed by atoms with Crippen molar-refractivity contribution in [1.29, 1.82) is 5.26 Å². The van der Waals surface area contributed by atoms with Gasteiger partial charge in [-0.05, 0) is 50.6 Å². The molecule has 1 heterocycles. The first-order chi connectivity index (χ1) is 9.69. The van der Waals surface area contributed by atoms with Crippen LogP contribution in [0.3, 0.4) is 0 Å². The zero-order chi connectivity index (χ0) is 14.4. The van der Waals surface area contributed by atoms with Crippen molar-refractivity contribution in [3.63, 3.8) is 0 Å². The molecule has 0 aliphatic carbocycles. The van der Waals surface area contributed by atoms with Crippen molar-refractivity contribution >= 4 is 0 Å². The van der Waals surface area contributed by atoms with Gasteiger partial charge in [0.05, 0.1) is 11.6 Å². The molecule has 0 amide bonds. The van der Waals surface area contributed by atoms with E-state index in [1.165, 1.54) is 19.3 Å². The highest BCUT2D eigenvalue weighted by atomic mass is 16.5. The number of benzene rings is 1. The van der Waals surface area contributed by atoms with Gasteiger partial charge in [-0.15, -0.1) is 0 Å². The molecule has 0 saturated carbocycles. The first kappa shape index (κ1) is 14.8. The Morgan fingerprint density at radius 1 is 1.40 bits per heavy atom. The number of rotatable bonds is 5. The van der Waals surface area contributed by atoms with Crippen molar-refractivity contribution in [3.8, 4) is 11.8 Å². The molecule has 2 unspecified atom stereocenters. The first-order valence-electron chi connectivity index (χ1n) is 7.24. The zero-order valence-electron chi connectivity index (χ0n) is 12.0. The van der Waals surface area contributed by atoms with Crippen LogP contribution in [-0.2, 0) is 0 Å². The van der Waals surface area contributed by atoms with Gasteiger partial charge in [-0.1, -0.05) is 6.42 Å². The van der Waals surface area contributed by atoms with Crippen LogP contribution in [0.5, 0.6) is 5.75 Å². The molecule has 1 aromatic carbocycles. The maximum absolute atomic E-state index is 10.1. The van der Waals surface area contributed by atoms with Crippen LogP contribution < -0.4 is 4.74 Å². The van der Waals surface area contributed by atoms with E-state index in [1.54, 1.807) is 24.3 Å².